The largest absolute Gasteiger partial charge is 0.337 e. The van der Waals surface area contributed by atoms with E-state index in [1.807, 2.05) is 0 Å². The minimum absolute atomic E-state index is 0.238. The van der Waals surface area contributed by atoms with Gasteiger partial charge in [0, 0.05) is 32.1 Å². The van der Waals surface area contributed by atoms with Gasteiger partial charge in [-0.15, -0.1) is 0 Å². The Hall–Kier alpha value is -0.980. The zero-order valence-electron chi connectivity index (χ0n) is 12.8. The van der Waals surface area contributed by atoms with Crippen LogP contribution >= 0.6 is 0 Å². The van der Waals surface area contributed by atoms with E-state index in [0.717, 1.165) is 51.9 Å². The molecule has 1 amide bonds. The minimum atomic E-state index is 0.238. The average molecular weight is 284 g/mol. The van der Waals surface area contributed by atoms with Gasteiger partial charge in [-0.3, -0.25) is 9.69 Å². The van der Waals surface area contributed by atoms with Crippen LogP contribution in [0.15, 0.2) is 0 Å². The lowest BCUT2D eigenvalue weighted by atomic mass is 10.0. The van der Waals surface area contributed by atoms with Gasteiger partial charge < -0.3 is 20.3 Å². The molecule has 6 nitrogen and oxygen atoms in total. The van der Waals surface area contributed by atoms with Gasteiger partial charge in [0.2, 0.25) is 5.91 Å². The predicted molar refractivity (Wildman–Crippen MR) is 79.5 cm³/mol. The molecule has 20 heavy (non-hydrogen) atoms. The molecule has 116 valence electrons. The first kappa shape index (κ1) is 17.1. The minimum Gasteiger partial charge on any atom is -0.337 e. The fraction of sp³-hybridized carbons (Fsp3) is 0.857. The summed E-state index contributed by atoms with van der Waals surface area (Å²) >= 11 is 0. The Labute approximate surface area is 121 Å². The Balaban J connectivity index is 0.000000956. The normalized spacial score (nSPS) is 22.4. The summed E-state index contributed by atoms with van der Waals surface area (Å²) in [6.45, 7) is 5.11. The van der Waals surface area contributed by atoms with Gasteiger partial charge in [-0.2, -0.15) is 0 Å². The number of piperazine rings is 1. The summed E-state index contributed by atoms with van der Waals surface area (Å²) in [5.41, 5.74) is 4.50. The van der Waals surface area contributed by atoms with Crippen molar-refractivity contribution in [2.45, 2.75) is 25.3 Å². The second-order valence-electron chi connectivity index (χ2n) is 5.35. The molecular weight excluding hydrogens is 256 g/mol. The van der Waals surface area contributed by atoms with Crippen molar-refractivity contribution in [1.29, 1.82) is 0 Å². The molecule has 2 N–H and O–H groups in total. The first-order chi connectivity index (χ1) is 9.70. The van der Waals surface area contributed by atoms with Gasteiger partial charge in [0.25, 0.3) is 0 Å². The van der Waals surface area contributed by atoms with Gasteiger partial charge in [-0.25, -0.2) is 0 Å². The van der Waals surface area contributed by atoms with Crippen molar-refractivity contribution in [2.75, 3.05) is 53.4 Å². The third-order valence-corrected chi connectivity index (χ3v) is 4.03. The number of hydrogen-bond acceptors (Lipinski definition) is 5. The Morgan fingerprint density at radius 3 is 2.40 bits per heavy atom. The van der Waals surface area contributed by atoms with E-state index in [4.69, 9.17) is 0 Å². The number of hydrogen-bond donors (Lipinski definition) is 1. The highest BCUT2D eigenvalue weighted by molar-refractivity contribution is 5.79. The van der Waals surface area contributed by atoms with Crippen molar-refractivity contribution in [3.05, 3.63) is 0 Å². The SMILES string of the molecule is CN.CN1CCC(N2CCN(CCC=O)CC2=O)CC1. The fourth-order valence-electron chi connectivity index (χ4n) is 2.85. The van der Waals surface area contributed by atoms with Crippen LogP contribution in [0.25, 0.3) is 0 Å². The van der Waals surface area contributed by atoms with E-state index in [1.54, 1.807) is 0 Å². The van der Waals surface area contributed by atoms with Crippen molar-refractivity contribution in [3.8, 4) is 0 Å². The van der Waals surface area contributed by atoms with E-state index in [9.17, 15) is 9.59 Å². The molecule has 0 atom stereocenters. The molecule has 0 aromatic rings. The maximum absolute atomic E-state index is 12.1. The van der Waals surface area contributed by atoms with Gasteiger partial charge in [-0.1, -0.05) is 0 Å². The van der Waals surface area contributed by atoms with Gasteiger partial charge in [-0.05, 0) is 40.0 Å². The third-order valence-electron chi connectivity index (χ3n) is 4.03. The number of rotatable bonds is 4. The Morgan fingerprint density at radius 2 is 1.85 bits per heavy atom. The number of nitrogens with zero attached hydrogens (tertiary/aromatic N) is 3. The van der Waals surface area contributed by atoms with Crippen LogP contribution in [0.2, 0.25) is 0 Å². The van der Waals surface area contributed by atoms with E-state index in [0.29, 0.717) is 19.0 Å². The van der Waals surface area contributed by atoms with Crippen LogP contribution in [-0.4, -0.2) is 86.3 Å². The van der Waals surface area contributed by atoms with Crippen molar-refractivity contribution in [1.82, 2.24) is 14.7 Å². The second-order valence-corrected chi connectivity index (χ2v) is 5.35. The van der Waals surface area contributed by atoms with Gasteiger partial charge >= 0.3 is 0 Å². The lowest BCUT2D eigenvalue weighted by Gasteiger charge is -2.42. The Bertz CT molecular complexity index is 304. The number of amides is 1. The van der Waals surface area contributed by atoms with E-state index < -0.39 is 0 Å². The number of nitrogens with two attached hydrogens (primary N) is 1. The summed E-state index contributed by atoms with van der Waals surface area (Å²) in [5.74, 6) is 0.238. The van der Waals surface area contributed by atoms with Gasteiger partial charge in [0.05, 0.1) is 6.54 Å². The molecule has 0 bridgehead atoms. The summed E-state index contributed by atoms with van der Waals surface area (Å²) in [5, 5.41) is 0. The van der Waals surface area contributed by atoms with Crippen LogP contribution < -0.4 is 5.73 Å². The zero-order chi connectivity index (χ0) is 15.0. The van der Waals surface area contributed by atoms with Crippen LogP contribution in [0.3, 0.4) is 0 Å². The summed E-state index contributed by atoms with van der Waals surface area (Å²) in [4.78, 5) is 28.9. The number of carbonyl (C=O) groups is 2. The smallest absolute Gasteiger partial charge is 0.237 e. The van der Waals surface area contributed by atoms with Crippen LogP contribution in [0.1, 0.15) is 19.3 Å². The summed E-state index contributed by atoms with van der Waals surface area (Å²) < 4.78 is 0. The van der Waals surface area contributed by atoms with Crippen LogP contribution in [0.4, 0.5) is 0 Å². The monoisotopic (exact) mass is 284 g/mol. The Kier molecular flexibility index (Phi) is 7.72. The lowest BCUT2D eigenvalue weighted by molar-refractivity contribution is -0.140. The maximum Gasteiger partial charge on any atom is 0.237 e. The number of piperidine rings is 1. The molecule has 2 aliphatic heterocycles. The van der Waals surface area contributed by atoms with Crippen LogP contribution in [0.5, 0.6) is 0 Å². The highest BCUT2D eigenvalue weighted by atomic mass is 16.2. The van der Waals surface area contributed by atoms with E-state index in [2.05, 4.69) is 27.5 Å². The maximum atomic E-state index is 12.1. The number of aldehydes is 1. The molecule has 0 saturated carbocycles. The molecule has 2 saturated heterocycles. The first-order valence-electron chi connectivity index (χ1n) is 7.42. The molecular formula is C14H28N4O2. The molecule has 2 heterocycles. The highest BCUT2D eigenvalue weighted by Crippen LogP contribution is 2.18. The number of likely N-dealkylation sites (tertiary alicyclic amines) is 1. The third kappa shape index (κ3) is 4.85. The molecule has 0 spiro atoms. The second kappa shape index (κ2) is 9.05. The molecule has 2 rings (SSSR count). The summed E-state index contributed by atoms with van der Waals surface area (Å²) in [6.07, 6.45) is 3.64. The van der Waals surface area contributed by atoms with Crippen LogP contribution in [-0.2, 0) is 9.59 Å². The zero-order valence-corrected chi connectivity index (χ0v) is 12.8. The van der Waals surface area contributed by atoms with Crippen molar-refractivity contribution in [3.63, 3.8) is 0 Å². The topological polar surface area (TPSA) is 69.9 Å². The molecule has 0 aromatic carbocycles. The molecule has 0 radical (unpaired) electrons. The van der Waals surface area contributed by atoms with E-state index >= 15 is 0 Å². The first-order valence-corrected chi connectivity index (χ1v) is 7.42. The molecule has 6 heteroatoms. The predicted octanol–water partition coefficient (Wildman–Crippen LogP) is -0.611. The lowest BCUT2D eigenvalue weighted by Crippen LogP contribution is -2.56. The molecule has 0 aromatic heterocycles. The van der Waals surface area contributed by atoms with Crippen molar-refractivity contribution < 1.29 is 9.59 Å². The fourth-order valence-corrected chi connectivity index (χ4v) is 2.85. The summed E-state index contributed by atoms with van der Waals surface area (Å²) in [6, 6.07) is 0.432. The summed E-state index contributed by atoms with van der Waals surface area (Å²) in [7, 11) is 3.63. The van der Waals surface area contributed by atoms with E-state index in [-0.39, 0.29) is 5.91 Å². The molecule has 2 aliphatic rings. The van der Waals surface area contributed by atoms with Gasteiger partial charge in [0.15, 0.2) is 0 Å². The molecule has 2 fully saturated rings. The van der Waals surface area contributed by atoms with E-state index in [1.165, 1.54) is 7.05 Å². The Morgan fingerprint density at radius 1 is 1.20 bits per heavy atom. The van der Waals surface area contributed by atoms with Crippen LogP contribution in [0, 0.1) is 0 Å². The average Bonchev–Trinajstić information content (AvgIpc) is 2.48. The quantitative estimate of drug-likeness (QED) is 0.697. The standard InChI is InChI=1S/C13H23N3O2.CH5N/c1-14-6-3-12(4-7-14)16-9-8-15(5-2-10-17)11-13(16)18;1-2/h10,12H,2-9,11H2,1H3;2H2,1H3. The van der Waals surface area contributed by atoms with Crippen molar-refractivity contribution in [2.24, 2.45) is 5.73 Å². The molecule has 0 aliphatic carbocycles. The highest BCUT2D eigenvalue weighted by Gasteiger charge is 2.30. The molecule has 0 unspecified atom stereocenters. The number of carbonyl (C=O) groups excluding carboxylic acids is 2. The van der Waals surface area contributed by atoms with Crippen molar-refractivity contribution >= 4 is 12.2 Å². The van der Waals surface area contributed by atoms with Gasteiger partial charge in [0.1, 0.15) is 6.29 Å².